The quantitative estimate of drug-likeness (QED) is 0.459. The molecule has 0 aliphatic carbocycles. The summed E-state index contributed by atoms with van der Waals surface area (Å²) >= 11 is 0. The van der Waals surface area contributed by atoms with Crippen LogP contribution in [0.4, 0.5) is 0 Å². The number of ether oxygens (including phenoxy) is 4. The maximum absolute atomic E-state index is 5.66. The van der Waals surface area contributed by atoms with Crippen molar-refractivity contribution >= 4 is 0 Å². The van der Waals surface area contributed by atoms with Gasteiger partial charge in [0.05, 0.1) is 32.0 Å². The van der Waals surface area contributed by atoms with Crippen LogP contribution in [0.5, 0.6) is 0 Å². The molecule has 4 nitrogen and oxygen atoms in total. The first-order valence-corrected chi connectivity index (χ1v) is 8.29. The highest BCUT2D eigenvalue weighted by Gasteiger charge is 2.08. The Kier molecular flexibility index (Phi) is 13.4. The van der Waals surface area contributed by atoms with Gasteiger partial charge >= 0.3 is 0 Å². The van der Waals surface area contributed by atoms with E-state index < -0.39 is 0 Å². The van der Waals surface area contributed by atoms with Gasteiger partial charge in [-0.1, -0.05) is 13.8 Å². The van der Waals surface area contributed by atoms with E-state index in [9.17, 15) is 0 Å². The fraction of sp³-hybridized carbons (Fsp3) is 1.00. The van der Waals surface area contributed by atoms with Gasteiger partial charge in [0, 0.05) is 19.8 Å². The molecule has 0 rings (SSSR count). The van der Waals surface area contributed by atoms with Crippen molar-refractivity contribution in [3.05, 3.63) is 0 Å². The molecule has 0 unspecified atom stereocenters. The monoisotopic (exact) mass is 304 g/mol. The van der Waals surface area contributed by atoms with Crippen LogP contribution in [0.15, 0.2) is 0 Å². The second-order valence-corrected chi connectivity index (χ2v) is 6.72. The number of rotatable bonds is 14. The van der Waals surface area contributed by atoms with Crippen LogP contribution in [0.3, 0.4) is 0 Å². The molecule has 0 saturated heterocycles. The molecule has 0 fully saturated rings. The lowest BCUT2D eigenvalue weighted by Gasteiger charge is -2.19. The zero-order valence-corrected chi connectivity index (χ0v) is 14.8. The molecule has 0 N–H and O–H groups in total. The lowest BCUT2D eigenvalue weighted by molar-refractivity contribution is -0.00662. The second kappa shape index (κ2) is 13.5. The summed E-state index contributed by atoms with van der Waals surface area (Å²) in [7, 11) is 0. The molecule has 0 aromatic rings. The maximum atomic E-state index is 5.66. The fourth-order valence-corrected chi connectivity index (χ4v) is 1.62. The van der Waals surface area contributed by atoms with Gasteiger partial charge < -0.3 is 18.9 Å². The molecule has 0 aliphatic heterocycles. The summed E-state index contributed by atoms with van der Waals surface area (Å²) in [4.78, 5) is 0. The van der Waals surface area contributed by atoms with Crippen molar-refractivity contribution in [1.82, 2.24) is 0 Å². The molecule has 0 bridgehead atoms. The summed E-state index contributed by atoms with van der Waals surface area (Å²) in [6.07, 6.45) is 3.34. The van der Waals surface area contributed by atoms with E-state index in [1.165, 1.54) is 0 Å². The first kappa shape index (κ1) is 20.8. The molecule has 0 aromatic heterocycles. The Labute approximate surface area is 131 Å². The third-order valence-electron chi connectivity index (χ3n) is 2.66. The Morgan fingerprint density at radius 1 is 0.667 bits per heavy atom. The molecular formula is C17H36O4. The SMILES string of the molecule is CC(C)COCCOCCOCCCCCOC(C)(C)C. The predicted molar refractivity (Wildman–Crippen MR) is 86.9 cm³/mol. The van der Waals surface area contributed by atoms with Gasteiger partial charge in [0.2, 0.25) is 0 Å². The molecule has 4 heteroatoms. The molecule has 0 atom stereocenters. The Morgan fingerprint density at radius 3 is 1.76 bits per heavy atom. The Bertz CT molecular complexity index is 211. The smallest absolute Gasteiger partial charge is 0.0701 e. The van der Waals surface area contributed by atoms with Crippen molar-refractivity contribution in [3.63, 3.8) is 0 Å². The van der Waals surface area contributed by atoms with E-state index in [1.807, 2.05) is 0 Å². The molecule has 0 saturated carbocycles. The average Bonchev–Trinajstić information content (AvgIpc) is 2.37. The van der Waals surface area contributed by atoms with E-state index in [0.29, 0.717) is 32.3 Å². The van der Waals surface area contributed by atoms with Crippen LogP contribution in [0.1, 0.15) is 53.9 Å². The van der Waals surface area contributed by atoms with Gasteiger partial charge in [-0.25, -0.2) is 0 Å². The van der Waals surface area contributed by atoms with Gasteiger partial charge in [0.25, 0.3) is 0 Å². The van der Waals surface area contributed by atoms with Crippen LogP contribution in [0.25, 0.3) is 0 Å². The lowest BCUT2D eigenvalue weighted by Crippen LogP contribution is -2.19. The molecule has 0 radical (unpaired) electrons. The average molecular weight is 304 g/mol. The third kappa shape index (κ3) is 19.8. The van der Waals surface area contributed by atoms with Crippen molar-refractivity contribution in [3.8, 4) is 0 Å². The summed E-state index contributed by atoms with van der Waals surface area (Å²) in [5.74, 6) is 0.585. The van der Waals surface area contributed by atoms with Crippen molar-refractivity contribution in [1.29, 1.82) is 0 Å². The largest absolute Gasteiger partial charge is 0.379 e. The van der Waals surface area contributed by atoms with Crippen molar-refractivity contribution < 1.29 is 18.9 Å². The highest BCUT2D eigenvalue weighted by Crippen LogP contribution is 2.08. The van der Waals surface area contributed by atoms with Gasteiger partial charge in [0.15, 0.2) is 0 Å². The van der Waals surface area contributed by atoms with Gasteiger partial charge in [0.1, 0.15) is 0 Å². The van der Waals surface area contributed by atoms with E-state index in [2.05, 4.69) is 34.6 Å². The van der Waals surface area contributed by atoms with Crippen LogP contribution in [-0.2, 0) is 18.9 Å². The molecule has 0 amide bonds. The Balaban J connectivity index is 3.03. The highest BCUT2D eigenvalue weighted by atomic mass is 16.5. The van der Waals surface area contributed by atoms with E-state index in [1.54, 1.807) is 0 Å². The van der Waals surface area contributed by atoms with Gasteiger partial charge in [-0.2, -0.15) is 0 Å². The predicted octanol–water partition coefficient (Wildman–Crippen LogP) is 3.68. The first-order valence-electron chi connectivity index (χ1n) is 8.29. The topological polar surface area (TPSA) is 36.9 Å². The van der Waals surface area contributed by atoms with Gasteiger partial charge in [-0.3, -0.25) is 0 Å². The third-order valence-corrected chi connectivity index (χ3v) is 2.66. The minimum absolute atomic E-state index is 0.0211. The van der Waals surface area contributed by atoms with E-state index in [0.717, 1.165) is 39.1 Å². The van der Waals surface area contributed by atoms with Crippen molar-refractivity contribution in [2.24, 2.45) is 5.92 Å². The normalized spacial score (nSPS) is 12.3. The summed E-state index contributed by atoms with van der Waals surface area (Å²) in [6, 6.07) is 0. The van der Waals surface area contributed by atoms with Crippen LogP contribution < -0.4 is 0 Å². The molecule has 0 spiro atoms. The van der Waals surface area contributed by atoms with Crippen LogP contribution in [0, 0.1) is 5.92 Å². The van der Waals surface area contributed by atoms with Crippen LogP contribution in [-0.4, -0.2) is 51.8 Å². The zero-order valence-electron chi connectivity index (χ0n) is 14.8. The second-order valence-electron chi connectivity index (χ2n) is 6.72. The summed E-state index contributed by atoms with van der Waals surface area (Å²) in [5.41, 5.74) is -0.0211. The molecule has 0 heterocycles. The minimum atomic E-state index is -0.0211. The van der Waals surface area contributed by atoms with Crippen LogP contribution >= 0.6 is 0 Å². The van der Waals surface area contributed by atoms with Gasteiger partial charge in [-0.15, -0.1) is 0 Å². The minimum Gasteiger partial charge on any atom is -0.379 e. The standard InChI is InChI=1S/C17H36O4/c1-16(2)15-20-14-13-19-12-11-18-9-7-6-8-10-21-17(3,4)5/h16H,6-15H2,1-5H3. The Morgan fingerprint density at radius 2 is 1.19 bits per heavy atom. The van der Waals surface area contributed by atoms with E-state index >= 15 is 0 Å². The number of hydrogen-bond acceptors (Lipinski definition) is 4. The maximum Gasteiger partial charge on any atom is 0.0701 e. The highest BCUT2D eigenvalue weighted by molar-refractivity contribution is 4.58. The molecule has 0 aliphatic rings. The Hall–Kier alpha value is -0.160. The van der Waals surface area contributed by atoms with E-state index in [-0.39, 0.29) is 5.60 Å². The summed E-state index contributed by atoms with van der Waals surface area (Å²) < 4.78 is 22.0. The number of hydrogen-bond donors (Lipinski definition) is 0. The van der Waals surface area contributed by atoms with Crippen LogP contribution in [0.2, 0.25) is 0 Å². The van der Waals surface area contributed by atoms with Crippen molar-refractivity contribution in [2.75, 3.05) is 46.2 Å². The lowest BCUT2D eigenvalue weighted by atomic mass is 10.2. The van der Waals surface area contributed by atoms with Gasteiger partial charge in [-0.05, 0) is 46.0 Å². The zero-order chi connectivity index (χ0) is 16.0. The molecule has 128 valence electrons. The summed E-state index contributed by atoms with van der Waals surface area (Å²) in [5, 5.41) is 0. The molecule has 0 aromatic carbocycles. The van der Waals surface area contributed by atoms with E-state index in [4.69, 9.17) is 18.9 Å². The summed E-state index contributed by atoms with van der Waals surface area (Å²) in [6.45, 7) is 15.6. The number of unbranched alkanes of at least 4 members (excludes halogenated alkanes) is 2. The molecular weight excluding hydrogens is 268 g/mol. The van der Waals surface area contributed by atoms with Crippen molar-refractivity contribution in [2.45, 2.75) is 59.5 Å². The molecule has 21 heavy (non-hydrogen) atoms. The first-order chi connectivity index (χ1) is 9.92. The fourth-order valence-electron chi connectivity index (χ4n) is 1.62.